The Morgan fingerprint density at radius 1 is 1.29 bits per heavy atom. The predicted octanol–water partition coefficient (Wildman–Crippen LogP) is 3.33. The lowest BCUT2D eigenvalue weighted by atomic mass is 9.79. The molecule has 0 bridgehead atoms. The highest BCUT2D eigenvalue weighted by Crippen LogP contribution is 2.41. The van der Waals surface area contributed by atoms with Crippen molar-refractivity contribution in [1.29, 1.82) is 0 Å². The Balaban J connectivity index is 1.78. The van der Waals surface area contributed by atoms with Crippen LogP contribution < -0.4 is 5.32 Å². The molecule has 1 atom stereocenters. The zero-order chi connectivity index (χ0) is 14.7. The Hall–Kier alpha value is -0.940. The number of aromatic nitrogens is 2. The van der Waals surface area contributed by atoms with Crippen LogP contribution in [-0.4, -0.2) is 23.3 Å². The third kappa shape index (κ3) is 3.14. The fourth-order valence-corrected chi connectivity index (χ4v) is 3.56. The highest BCUT2D eigenvalue weighted by atomic mass is 16.5. The van der Waals surface area contributed by atoms with Gasteiger partial charge in [-0.1, -0.05) is 18.5 Å². The fourth-order valence-electron chi connectivity index (χ4n) is 3.56. The zero-order valence-corrected chi connectivity index (χ0v) is 13.2. The summed E-state index contributed by atoms with van der Waals surface area (Å²) in [5.74, 6) is 2.27. The van der Waals surface area contributed by atoms with Gasteiger partial charge in [0.25, 0.3) is 0 Å². The van der Waals surface area contributed by atoms with Crippen molar-refractivity contribution >= 4 is 0 Å². The first-order valence-electron chi connectivity index (χ1n) is 8.45. The summed E-state index contributed by atoms with van der Waals surface area (Å²) in [7, 11) is 0. The van der Waals surface area contributed by atoms with Crippen LogP contribution in [-0.2, 0) is 10.3 Å². The van der Waals surface area contributed by atoms with Gasteiger partial charge in [-0.25, -0.2) is 0 Å². The normalized spacial score (nSPS) is 34.0. The Kier molecular flexibility index (Phi) is 4.60. The highest BCUT2D eigenvalue weighted by molar-refractivity contribution is 5.06. The second-order valence-corrected chi connectivity index (χ2v) is 6.57. The monoisotopic (exact) mass is 293 g/mol. The van der Waals surface area contributed by atoms with E-state index in [-0.39, 0.29) is 11.6 Å². The van der Waals surface area contributed by atoms with E-state index in [0.29, 0.717) is 6.61 Å². The van der Waals surface area contributed by atoms with E-state index in [1.807, 2.05) is 6.92 Å². The van der Waals surface area contributed by atoms with Crippen molar-refractivity contribution in [3.8, 4) is 0 Å². The number of nitrogens with zero attached hydrogens (tertiary/aromatic N) is 2. The highest BCUT2D eigenvalue weighted by Gasteiger charge is 2.41. The first-order valence-corrected chi connectivity index (χ1v) is 8.45. The molecule has 0 aromatic carbocycles. The van der Waals surface area contributed by atoms with Gasteiger partial charge in [-0.3, -0.25) is 0 Å². The van der Waals surface area contributed by atoms with Gasteiger partial charge in [0.2, 0.25) is 11.7 Å². The summed E-state index contributed by atoms with van der Waals surface area (Å²) in [5, 5.41) is 7.75. The van der Waals surface area contributed by atoms with E-state index in [9.17, 15) is 0 Å². The average Bonchev–Trinajstić information content (AvgIpc) is 3.01. The third-order valence-corrected chi connectivity index (χ3v) is 4.96. The van der Waals surface area contributed by atoms with Crippen molar-refractivity contribution in [3.05, 3.63) is 11.7 Å². The zero-order valence-electron chi connectivity index (χ0n) is 13.2. The molecule has 1 aromatic heterocycles. The van der Waals surface area contributed by atoms with Crippen LogP contribution in [0.4, 0.5) is 0 Å². The van der Waals surface area contributed by atoms with Gasteiger partial charge in [-0.2, -0.15) is 4.98 Å². The minimum absolute atomic E-state index is 0.223. The van der Waals surface area contributed by atoms with Gasteiger partial charge in [0.1, 0.15) is 5.60 Å². The summed E-state index contributed by atoms with van der Waals surface area (Å²) in [6.45, 7) is 6.09. The number of hydrogen-bond donors (Lipinski definition) is 1. The van der Waals surface area contributed by atoms with Crippen LogP contribution in [0.25, 0.3) is 0 Å². The van der Waals surface area contributed by atoms with Gasteiger partial charge in [0.05, 0.1) is 6.04 Å². The maximum Gasteiger partial charge on any atom is 0.243 e. The van der Waals surface area contributed by atoms with E-state index in [1.165, 1.54) is 25.7 Å². The standard InChI is InChI=1S/C16H27N3O2/c1-3-20-16(9-7-12(2)8-10-16)15-18-14(21-19-15)13-6-4-5-11-17-13/h12-13,17H,3-11H2,1-2H3/t12?,13-,16?/m1/s1. The predicted molar refractivity (Wildman–Crippen MR) is 79.8 cm³/mol. The summed E-state index contributed by atoms with van der Waals surface area (Å²) in [6.07, 6.45) is 7.89. The quantitative estimate of drug-likeness (QED) is 0.922. The van der Waals surface area contributed by atoms with Crippen molar-refractivity contribution < 1.29 is 9.26 Å². The lowest BCUT2D eigenvalue weighted by Crippen LogP contribution is -2.35. The smallest absolute Gasteiger partial charge is 0.243 e. The Bertz CT molecular complexity index is 446. The molecule has 0 unspecified atom stereocenters. The number of piperidine rings is 1. The molecule has 1 saturated heterocycles. The number of nitrogens with one attached hydrogen (secondary N) is 1. The van der Waals surface area contributed by atoms with Crippen molar-refractivity contribution in [2.75, 3.05) is 13.2 Å². The lowest BCUT2D eigenvalue weighted by Gasteiger charge is -2.36. The summed E-state index contributed by atoms with van der Waals surface area (Å²) < 4.78 is 11.7. The minimum atomic E-state index is -0.322. The molecule has 2 fully saturated rings. The summed E-state index contributed by atoms with van der Waals surface area (Å²) in [4.78, 5) is 4.71. The molecule has 1 saturated carbocycles. The Labute approximate surface area is 126 Å². The number of rotatable bonds is 4. The summed E-state index contributed by atoms with van der Waals surface area (Å²) in [6, 6.07) is 0.223. The summed E-state index contributed by atoms with van der Waals surface area (Å²) in [5.41, 5.74) is -0.322. The number of hydrogen-bond acceptors (Lipinski definition) is 5. The molecular formula is C16H27N3O2. The van der Waals surface area contributed by atoms with E-state index in [2.05, 4.69) is 17.4 Å². The maximum absolute atomic E-state index is 6.10. The molecule has 5 nitrogen and oxygen atoms in total. The van der Waals surface area contributed by atoms with E-state index >= 15 is 0 Å². The molecule has 0 spiro atoms. The van der Waals surface area contributed by atoms with Gasteiger partial charge in [0.15, 0.2) is 0 Å². The van der Waals surface area contributed by atoms with Gasteiger partial charge in [-0.15, -0.1) is 0 Å². The second-order valence-electron chi connectivity index (χ2n) is 6.57. The van der Waals surface area contributed by atoms with Crippen molar-refractivity contribution in [1.82, 2.24) is 15.5 Å². The molecule has 3 rings (SSSR count). The molecule has 0 amide bonds. The molecule has 1 aliphatic heterocycles. The van der Waals surface area contributed by atoms with E-state index in [0.717, 1.165) is 43.4 Å². The van der Waals surface area contributed by atoms with Crippen LogP contribution in [0.1, 0.15) is 76.6 Å². The lowest BCUT2D eigenvalue weighted by molar-refractivity contribution is -0.0847. The van der Waals surface area contributed by atoms with Crippen LogP contribution in [0, 0.1) is 5.92 Å². The summed E-state index contributed by atoms with van der Waals surface area (Å²) >= 11 is 0. The van der Waals surface area contributed by atoms with Crippen LogP contribution in [0.5, 0.6) is 0 Å². The first kappa shape index (κ1) is 15.0. The Morgan fingerprint density at radius 3 is 2.76 bits per heavy atom. The fraction of sp³-hybridized carbons (Fsp3) is 0.875. The largest absolute Gasteiger partial charge is 0.367 e. The van der Waals surface area contributed by atoms with Crippen LogP contribution in [0.3, 0.4) is 0 Å². The van der Waals surface area contributed by atoms with Crippen LogP contribution in [0.2, 0.25) is 0 Å². The maximum atomic E-state index is 6.10. The van der Waals surface area contributed by atoms with Gasteiger partial charge >= 0.3 is 0 Å². The minimum Gasteiger partial charge on any atom is -0.367 e. The topological polar surface area (TPSA) is 60.2 Å². The molecule has 21 heavy (non-hydrogen) atoms. The van der Waals surface area contributed by atoms with E-state index in [1.54, 1.807) is 0 Å². The molecule has 1 aliphatic carbocycles. The van der Waals surface area contributed by atoms with Crippen molar-refractivity contribution in [2.24, 2.45) is 5.92 Å². The van der Waals surface area contributed by atoms with Crippen molar-refractivity contribution in [3.63, 3.8) is 0 Å². The third-order valence-electron chi connectivity index (χ3n) is 4.96. The Morgan fingerprint density at radius 2 is 2.10 bits per heavy atom. The molecule has 0 radical (unpaired) electrons. The number of ether oxygens (including phenoxy) is 1. The van der Waals surface area contributed by atoms with E-state index in [4.69, 9.17) is 14.2 Å². The molecule has 2 heterocycles. The van der Waals surface area contributed by atoms with Gasteiger partial charge in [0, 0.05) is 6.61 Å². The SMILES string of the molecule is CCOC1(c2noc([C@H]3CCCCN3)n2)CCC(C)CC1. The molecule has 118 valence electrons. The second kappa shape index (κ2) is 6.44. The molecule has 2 aliphatic rings. The van der Waals surface area contributed by atoms with Gasteiger partial charge < -0.3 is 14.6 Å². The average molecular weight is 293 g/mol. The van der Waals surface area contributed by atoms with Crippen LogP contribution in [0.15, 0.2) is 4.52 Å². The molecule has 1 N–H and O–H groups in total. The molecular weight excluding hydrogens is 266 g/mol. The van der Waals surface area contributed by atoms with Crippen LogP contribution >= 0.6 is 0 Å². The van der Waals surface area contributed by atoms with Gasteiger partial charge in [-0.05, 0) is 57.9 Å². The molecule has 5 heteroatoms. The van der Waals surface area contributed by atoms with E-state index < -0.39 is 0 Å². The van der Waals surface area contributed by atoms with Crippen molar-refractivity contribution in [2.45, 2.75) is 70.4 Å². The first-order chi connectivity index (χ1) is 10.2. The molecule has 1 aromatic rings.